The Morgan fingerprint density at radius 3 is 1.22 bits per heavy atom. The van der Waals surface area contributed by atoms with Gasteiger partial charge in [-0.1, -0.05) is 66.7 Å². The van der Waals surface area contributed by atoms with E-state index in [2.05, 4.69) is 46.7 Å². The number of benzene rings is 3. The predicted octanol–water partition coefficient (Wildman–Crippen LogP) is 8.34. The van der Waals surface area contributed by atoms with Crippen molar-refractivity contribution in [1.29, 1.82) is 0 Å². The highest BCUT2D eigenvalue weighted by Crippen LogP contribution is 2.21. The third-order valence-corrected chi connectivity index (χ3v) is 9.61. The van der Waals surface area contributed by atoms with E-state index in [0.717, 1.165) is 11.3 Å². The molecule has 3 aromatic rings. The van der Waals surface area contributed by atoms with E-state index in [1.807, 2.05) is 156 Å². The molecule has 3 rings (SSSR count). The molecule has 23 heteroatoms. The van der Waals surface area contributed by atoms with Crippen LogP contribution < -0.4 is 46.7 Å². The molecule has 0 bridgehead atoms. The van der Waals surface area contributed by atoms with Crippen molar-refractivity contribution in [2.24, 2.45) is 0 Å². The molecule has 0 aliphatic carbocycles. The molecule has 0 atom stereocenters. The third kappa shape index (κ3) is 61.9. The van der Waals surface area contributed by atoms with E-state index in [4.69, 9.17) is 14.2 Å². The van der Waals surface area contributed by atoms with Crippen LogP contribution >= 0.6 is 23.5 Å². The number of rotatable bonds is 27. The van der Waals surface area contributed by atoms with Crippen molar-refractivity contribution >= 4 is 64.9 Å². The van der Waals surface area contributed by atoms with Crippen molar-refractivity contribution in [3.63, 3.8) is 0 Å². The quantitative estimate of drug-likeness (QED) is 0.0379. The Hall–Kier alpha value is -6.01. The zero-order valence-electron chi connectivity index (χ0n) is 52.5. The third-order valence-electron chi connectivity index (χ3n) is 8.45. The summed E-state index contributed by atoms with van der Waals surface area (Å²) in [4.78, 5) is 76.5. The highest BCUT2D eigenvalue weighted by molar-refractivity contribution is 7.99. The number of hydrogen-bond donors (Lipinski definition) is 7. The smallest absolute Gasteiger partial charge is 0.482 e. The molecule has 3 aromatic carbocycles. The first-order chi connectivity index (χ1) is 38.9. The molecular formula is C60H101F2N7O12S2. The summed E-state index contributed by atoms with van der Waals surface area (Å²) in [6.45, 7) is 27.7. The van der Waals surface area contributed by atoms with Crippen molar-refractivity contribution in [3.8, 4) is 11.5 Å². The van der Waals surface area contributed by atoms with E-state index in [9.17, 15) is 42.3 Å². The first-order valence-corrected chi connectivity index (χ1v) is 30.2. The lowest BCUT2D eigenvalue weighted by Crippen LogP contribution is -2.46. The Balaban J connectivity index is -0.000000444. The number of carbonyl (C=O) groups excluding carboxylic acids is 7. The summed E-state index contributed by atoms with van der Waals surface area (Å²) in [5, 5.41) is 18.7. The minimum Gasteiger partial charge on any atom is -0.484 e. The summed E-state index contributed by atoms with van der Waals surface area (Å²) >= 11 is 3.24. The molecule has 7 N–H and O–H groups in total. The predicted molar refractivity (Wildman–Crippen MR) is 333 cm³/mol. The molecule has 0 aliphatic rings. The maximum absolute atomic E-state index is 13.2. The topological polar surface area (TPSA) is 250 Å². The Morgan fingerprint density at radius 1 is 0.446 bits per heavy atom. The number of para-hydroxylation sites is 2. The van der Waals surface area contributed by atoms with E-state index in [1.165, 1.54) is 31.0 Å². The van der Waals surface area contributed by atoms with Crippen LogP contribution in [0.1, 0.15) is 115 Å². The number of amides is 7. The summed E-state index contributed by atoms with van der Waals surface area (Å²) in [6.07, 6.45) is 1.15. The largest absolute Gasteiger partial charge is 0.484 e. The van der Waals surface area contributed by atoms with Gasteiger partial charge >= 0.3 is 12.0 Å². The standard InChI is InChI=1S/C12H17NO2.C11H13F2NO2.C11H15NO2.C7H15NO2.C7H15NOS.C6H13NO2.C6H13NOS/c1-10(2)13-12(14)9-15-8-11-6-4-3-5-7-11;1-8(2)14-10(15)11(12,13)16-9-6-4-3-5-7-9;1-9(2)12-11(13)8-14-10-6-4-3-5-7-10;2*1-6(2)8-7(9)4-5-10-3;2*1-5(2)7-6(8)4-9-3/h3-7,10H,8-9H2,1-2H3,(H,13,14);3-8H,1-2H3,(H,14,15);3-7,9H,8H2,1-2H3,(H,12,13);2*6H,4-5H2,1-3H3,(H,8,9);2*5H,4H2,1-3H3,(H,7,8). The first kappa shape index (κ1) is 83.4. The van der Waals surface area contributed by atoms with Gasteiger partial charge in [0.25, 0.3) is 5.91 Å². The van der Waals surface area contributed by atoms with Gasteiger partial charge in [-0.25, -0.2) is 0 Å². The fraction of sp³-hybridized carbons (Fsp3) is 0.583. The van der Waals surface area contributed by atoms with Gasteiger partial charge in [-0.3, -0.25) is 33.6 Å². The van der Waals surface area contributed by atoms with Gasteiger partial charge in [0.2, 0.25) is 29.5 Å². The molecule has 0 aliphatic heterocycles. The number of halogens is 2. The molecular weight excluding hydrogens is 1110 g/mol. The lowest BCUT2D eigenvalue weighted by atomic mass is 10.2. The fourth-order valence-corrected chi connectivity index (χ4v) is 6.16. The normalized spacial score (nSPS) is 10.3. The molecule has 0 fully saturated rings. The second-order valence-corrected chi connectivity index (χ2v) is 21.7. The van der Waals surface area contributed by atoms with Crippen LogP contribution in [0.2, 0.25) is 0 Å². The molecule has 0 spiro atoms. The minimum absolute atomic E-state index is 0.0496. The average molecular weight is 1210 g/mol. The number of carbonyl (C=O) groups is 7. The maximum atomic E-state index is 13.2. The summed E-state index contributed by atoms with van der Waals surface area (Å²) in [6, 6.07) is 27.5. The molecule has 83 heavy (non-hydrogen) atoms. The van der Waals surface area contributed by atoms with E-state index in [-0.39, 0.29) is 103 Å². The van der Waals surface area contributed by atoms with Gasteiger partial charge in [-0.2, -0.15) is 32.3 Å². The van der Waals surface area contributed by atoms with Crippen molar-refractivity contribution in [2.75, 3.05) is 64.7 Å². The highest BCUT2D eigenvalue weighted by atomic mass is 32.2. The molecule has 474 valence electrons. The van der Waals surface area contributed by atoms with Crippen LogP contribution in [-0.4, -0.2) is 154 Å². The Bertz CT molecular complexity index is 2060. The maximum Gasteiger partial charge on any atom is 0.482 e. The Labute approximate surface area is 503 Å². The summed E-state index contributed by atoms with van der Waals surface area (Å²) in [7, 11) is 3.09. The molecule has 0 saturated heterocycles. The Morgan fingerprint density at radius 2 is 0.819 bits per heavy atom. The van der Waals surface area contributed by atoms with Crippen LogP contribution in [0.3, 0.4) is 0 Å². The number of thioether (sulfide) groups is 2. The molecule has 0 saturated carbocycles. The first-order valence-electron chi connectivity index (χ1n) is 27.4. The number of ether oxygens (including phenoxy) is 5. The molecule has 7 amide bonds. The van der Waals surface area contributed by atoms with Gasteiger partial charge in [0.1, 0.15) is 24.7 Å². The van der Waals surface area contributed by atoms with Gasteiger partial charge in [-0.15, -0.1) is 0 Å². The Kier molecular flexibility index (Phi) is 54.3. The minimum atomic E-state index is -3.86. The van der Waals surface area contributed by atoms with Gasteiger partial charge in [0, 0.05) is 75.1 Å². The van der Waals surface area contributed by atoms with Crippen LogP contribution in [0, 0.1) is 0 Å². The lowest BCUT2D eigenvalue weighted by Gasteiger charge is -2.18. The van der Waals surface area contributed by atoms with E-state index in [0.29, 0.717) is 37.6 Å². The highest BCUT2D eigenvalue weighted by Gasteiger charge is 2.42. The molecule has 0 heterocycles. The van der Waals surface area contributed by atoms with Crippen LogP contribution in [0.5, 0.6) is 11.5 Å². The van der Waals surface area contributed by atoms with Crippen molar-refractivity contribution < 1.29 is 66.0 Å². The number of hydrogen-bond acceptors (Lipinski definition) is 14. The number of nitrogens with one attached hydrogen (secondary N) is 7. The molecule has 0 radical (unpaired) electrons. The van der Waals surface area contributed by atoms with Crippen LogP contribution in [0.25, 0.3) is 0 Å². The average Bonchev–Trinajstić information content (AvgIpc) is 3.38. The van der Waals surface area contributed by atoms with E-state index in [1.54, 1.807) is 50.9 Å². The summed E-state index contributed by atoms with van der Waals surface area (Å²) in [5.74, 6) is 0.816. The van der Waals surface area contributed by atoms with Crippen molar-refractivity contribution in [3.05, 3.63) is 96.6 Å². The van der Waals surface area contributed by atoms with Gasteiger partial charge in [-0.05, 0) is 139 Å². The van der Waals surface area contributed by atoms with Gasteiger partial charge < -0.3 is 60.9 Å². The zero-order valence-corrected chi connectivity index (χ0v) is 54.2. The van der Waals surface area contributed by atoms with Crippen LogP contribution in [0.15, 0.2) is 91.0 Å². The van der Waals surface area contributed by atoms with Gasteiger partial charge in [0.05, 0.1) is 19.0 Å². The lowest BCUT2D eigenvalue weighted by molar-refractivity contribution is -0.193. The van der Waals surface area contributed by atoms with Gasteiger partial charge in [0.15, 0.2) is 6.61 Å². The van der Waals surface area contributed by atoms with E-state index < -0.39 is 12.0 Å². The van der Waals surface area contributed by atoms with Crippen molar-refractivity contribution in [2.45, 2.75) is 165 Å². The summed E-state index contributed by atoms with van der Waals surface area (Å²) in [5.41, 5.74) is 1.08. The van der Waals surface area contributed by atoms with Crippen LogP contribution in [-0.2, 0) is 54.4 Å². The molecule has 19 nitrogen and oxygen atoms in total. The summed E-state index contributed by atoms with van der Waals surface area (Å²) < 4.78 is 50.6. The monoisotopic (exact) mass is 1210 g/mol. The number of alkyl halides is 2. The SMILES string of the molecule is CC(C)NC(=O)C(F)(F)Oc1ccccc1.CC(C)NC(=O)COCc1ccccc1.CC(C)NC(=O)COc1ccccc1.COCC(=O)NC(C)C.COCCC(=O)NC(C)C.CSCC(=O)NC(C)C.CSCCC(=O)NC(C)C. The fourth-order valence-electron chi connectivity index (χ4n) is 5.43. The second kappa shape index (κ2) is 54.0. The zero-order chi connectivity index (χ0) is 64.2. The molecule has 0 aromatic heterocycles. The van der Waals surface area contributed by atoms with Crippen LogP contribution in [0.4, 0.5) is 8.78 Å². The molecule has 0 unspecified atom stereocenters. The van der Waals surface area contributed by atoms with E-state index >= 15 is 0 Å². The number of methoxy groups -OCH3 is 2. The second-order valence-electron chi connectivity index (χ2n) is 19.8. The van der Waals surface area contributed by atoms with Crippen molar-refractivity contribution in [1.82, 2.24) is 37.2 Å².